The Labute approximate surface area is 93.7 Å². The summed E-state index contributed by atoms with van der Waals surface area (Å²) in [5.41, 5.74) is 0.781. The highest BCUT2D eigenvalue weighted by Crippen LogP contribution is 2.14. The molecular weight excluding hydrogens is 208 g/mol. The van der Waals surface area contributed by atoms with Crippen LogP contribution in [-0.4, -0.2) is 42.4 Å². The van der Waals surface area contributed by atoms with Crippen LogP contribution in [0, 0.1) is 0 Å². The Kier molecular flexibility index (Phi) is 3.36. The van der Waals surface area contributed by atoms with E-state index in [2.05, 4.69) is 9.88 Å². The van der Waals surface area contributed by atoms with Crippen molar-refractivity contribution in [1.29, 1.82) is 0 Å². The standard InChI is InChI=1S/C11H14N2O3/c14-11(15)8-9-1-2-12-10(7-9)13-3-5-16-6-4-13/h1-2,7H,3-6,8H2,(H,14,15). The van der Waals surface area contributed by atoms with Crippen molar-refractivity contribution in [2.45, 2.75) is 6.42 Å². The minimum absolute atomic E-state index is 0.0415. The van der Waals surface area contributed by atoms with Crippen LogP contribution in [0.1, 0.15) is 5.56 Å². The summed E-state index contributed by atoms with van der Waals surface area (Å²) in [5, 5.41) is 8.71. The number of ether oxygens (including phenoxy) is 1. The molecule has 0 radical (unpaired) electrons. The highest BCUT2D eigenvalue weighted by Gasteiger charge is 2.12. The maximum Gasteiger partial charge on any atom is 0.307 e. The largest absolute Gasteiger partial charge is 0.481 e. The summed E-state index contributed by atoms with van der Waals surface area (Å²) in [6.45, 7) is 3.02. The van der Waals surface area contributed by atoms with E-state index in [9.17, 15) is 4.79 Å². The predicted molar refractivity (Wildman–Crippen MR) is 58.6 cm³/mol. The molecule has 1 fully saturated rings. The predicted octanol–water partition coefficient (Wildman–Crippen LogP) is 0.545. The van der Waals surface area contributed by atoms with Crippen LogP contribution in [0.3, 0.4) is 0 Å². The molecule has 1 aliphatic heterocycles. The van der Waals surface area contributed by atoms with Crippen molar-refractivity contribution in [2.75, 3.05) is 31.2 Å². The molecule has 2 heterocycles. The van der Waals surface area contributed by atoms with Crippen LogP contribution in [0.15, 0.2) is 18.3 Å². The molecule has 0 aromatic carbocycles. The molecule has 0 amide bonds. The van der Waals surface area contributed by atoms with E-state index in [0.29, 0.717) is 13.2 Å². The van der Waals surface area contributed by atoms with Gasteiger partial charge in [0.15, 0.2) is 0 Å². The van der Waals surface area contributed by atoms with Gasteiger partial charge in [0.1, 0.15) is 5.82 Å². The number of anilines is 1. The summed E-state index contributed by atoms with van der Waals surface area (Å²) in [6, 6.07) is 3.57. The molecule has 0 saturated carbocycles. The lowest BCUT2D eigenvalue weighted by Crippen LogP contribution is -2.36. The number of hydrogen-bond donors (Lipinski definition) is 1. The highest BCUT2D eigenvalue weighted by atomic mass is 16.5. The first-order chi connectivity index (χ1) is 7.75. The van der Waals surface area contributed by atoms with E-state index in [0.717, 1.165) is 24.5 Å². The molecule has 1 aromatic heterocycles. The van der Waals surface area contributed by atoms with E-state index in [4.69, 9.17) is 9.84 Å². The van der Waals surface area contributed by atoms with Crippen molar-refractivity contribution in [3.05, 3.63) is 23.9 Å². The monoisotopic (exact) mass is 222 g/mol. The first kappa shape index (κ1) is 10.9. The number of carbonyl (C=O) groups is 1. The number of pyridine rings is 1. The zero-order valence-corrected chi connectivity index (χ0v) is 8.93. The first-order valence-corrected chi connectivity index (χ1v) is 5.25. The lowest BCUT2D eigenvalue weighted by atomic mass is 10.2. The van der Waals surface area contributed by atoms with Crippen molar-refractivity contribution in [3.8, 4) is 0 Å². The van der Waals surface area contributed by atoms with Crippen LogP contribution in [0.5, 0.6) is 0 Å². The van der Waals surface area contributed by atoms with E-state index < -0.39 is 5.97 Å². The molecule has 0 spiro atoms. The van der Waals surface area contributed by atoms with E-state index in [-0.39, 0.29) is 6.42 Å². The van der Waals surface area contributed by atoms with Crippen molar-refractivity contribution in [2.24, 2.45) is 0 Å². The molecule has 5 nitrogen and oxygen atoms in total. The molecule has 0 bridgehead atoms. The van der Waals surface area contributed by atoms with E-state index in [1.165, 1.54) is 0 Å². The van der Waals surface area contributed by atoms with Gasteiger partial charge in [-0.2, -0.15) is 0 Å². The third kappa shape index (κ3) is 2.70. The fourth-order valence-electron chi connectivity index (χ4n) is 1.71. The summed E-state index contributed by atoms with van der Waals surface area (Å²) in [6.07, 6.45) is 1.70. The molecule has 0 unspecified atom stereocenters. The van der Waals surface area contributed by atoms with Crippen LogP contribution in [0.2, 0.25) is 0 Å². The molecule has 0 atom stereocenters. The number of nitrogens with zero attached hydrogens (tertiary/aromatic N) is 2. The molecule has 16 heavy (non-hydrogen) atoms. The minimum Gasteiger partial charge on any atom is -0.481 e. The van der Waals surface area contributed by atoms with Crippen LogP contribution in [0.4, 0.5) is 5.82 Å². The lowest BCUT2D eigenvalue weighted by Gasteiger charge is -2.27. The Bertz CT molecular complexity index is 375. The summed E-state index contributed by atoms with van der Waals surface area (Å²) in [4.78, 5) is 17.0. The fourth-order valence-corrected chi connectivity index (χ4v) is 1.71. The number of rotatable bonds is 3. The second-order valence-corrected chi connectivity index (χ2v) is 3.69. The minimum atomic E-state index is -0.820. The quantitative estimate of drug-likeness (QED) is 0.809. The lowest BCUT2D eigenvalue weighted by molar-refractivity contribution is -0.136. The molecule has 1 aliphatic rings. The molecule has 2 rings (SSSR count). The third-order valence-electron chi connectivity index (χ3n) is 2.50. The van der Waals surface area contributed by atoms with E-state index in [1.807, 2.05) is 6.07 Å². The zero-order chi connectivity index (χ0) is 11.4. The number of carboxylic acid groups (broad SMARTS) is 1. The normalized spacial score (nSPS) is 16.1. The number of aromatic nitrogens is 1. The second-order valence-electron chi connectivity index (χ2n) is 3.69. The average molecular weight is 222 g/mol. The molecule has 1 N–H and O–H groups in total. The smallest absolute Gasteiger partial charge is 0.307 e. The Balaban J connectivity index is 2.11. The van der Waals surface area contributed by atoms with Gasteiger partial charge in [-0.05, 0) is 17.7 Å². The van der Waals surface area contributed by atoms with Gasteiger partial charge in [0, 0.05) is 19.3 Å². The van der Waals surface area contributed by atoms with Crippen molar-refractivity contribution < 1.29 is 14.6 Å². The summed E-state index contributed by atoms with van der Waals surface area (Å²) in [7, 11) is 0. The number of carboxylic acids is 1. The maximum atomic E-state index is 10.6. The van der Waals surface area contributed by atoms with Crippen LogP contribution in [-0.2, 0) is 16.0 Å². The second kappa shape index (κ2) is 4.94. The third-order valence-corrected chi connectivity index (χ3v) is 2.50. The summed E-state index contributed by atoms with van der Waals surface area (Å²) >= 11 is 0. The van der Waals surface area contributed by atoms with Crippen LogP contribution < -0.4 is 4.90 Å². The Morgan fingerprint density at radius 2 is 2.25 bits per heavy atom. The van der Waals surface area contributed by atoms with Gasteiger partial charge >= 0.3 is 5.97 Å². The molecule has 0 aliphatic carbocycles. The average Bonchev–Trinajstić information content (AvgIpc) is 2.30. The topological polar surface area (TPSA) is 62.7 Å². The van der Waals surface area contributed by atoms with Gasteiger partial charge in [0.2, 0.25) is 0 Å². The molecule has 1 saturated heterocycles. The highest BCUT2D eigenvalue weighted by molar-refractivity contribution is 5.70. The van der Waals surface area contributed by atoms with Gasteiger partial charge in [0.25, 0.3) is 0 Å². The Hall–Kier alpha value is -1.62. The fraction of sp³-hybridized carbons (Fsp3) is 0.455. The summed E-state index contributed by atoms with van der Waals surface area (Å²) in [5.74, 6) is 0.0150. The van der Waals surface area contributed by atoms with Gasteiger partial charge < -0.3 is 14.7 Å². The maximum absolute atomic E-state index is 10.6. The van der Waals surface area contributed by atoms with Gasteiger partial charge in [-0.3, -0.25) is 4.79 Å². The van der Waals surface area contributed by atoms with E-state index in [1.54, 1.807) is 12.3 Å². The number of aliphatic carboxylic acids is 1. The molecule has 86 valence electrons. The first-order valence-electron chi connectivity index (χ1n) is 5.25. The van der Waals surface area contributed by atoms with Crippen LogP contribution in [0.25, 0.3) is 0 Å². The Morgan fingerprint density at radius 1 is 1.50 bits per heavy atom. The summed E-state index contributed by atoms with van der Waals surface area (Å²) < 4.78 is 5.25. The van der Waals surface area contributed by atoms with E-state index >= 15 is 0 Å². The van der Waals surface area contributed by atoms with Crippen molar-refractivity contribution >= 4 is 11.8 Å². The van der Waals surface area contributed by atoms with Crippen molar-refractivity contribution in [1.82, 2.24) is 4.98 Å². The number of morpholine rings is 1. The SMILES string of the molecule is O=C(O)Cc1ccnc(N2CCOCC2)c1. The number of hydrogen-bond acceptors (Lipinski definition) is 4. The molecule has 1 aromatic rings. The van der Waals surface area contributed by atoms with Gasteiger partial charge in [-0.1, -0.05) is 0 Å². The zero-order valence-electron chi connectivity index (χ0n) is 8.93. The van der Waals surface area contributed by atoms with Crippen LogP contribution >= 0.6 is 0 Å². The van der Waals surface area contributed by atoms with Gasteiger partial charge in [-0.15, -0.1) is 0 Å². The van der Waals surface area contributed by atoms with Gasteiger partial charge in [0.05, 0.1) is 19.6 Å². The molecular formula is C11H14N2O3. The molecule has 5 heteroatoms. The Morgan fingerprint density at radius 3 is 2.94 bits per heavy atom. The van der Waals surface area contributed by atoms with Crippen molar-refractivity contribution in [3.63, 3.8) is 0 Å². The van der Waals surface area contributed by atoms with Gasteiger partial charge in [-0.25, -0.2) is 4.98 Å².